The number of nitrogens with one attached hydrogen (secondary N) is 2. The SMILES string of the molecule is Nc1c(C(=O)N2CCN(C(CO)c3ccc(Br)cc3)CC2)[nH]c(=O)[nH]c1=O. The summed E-state index contributed by atoms with van der Waals surface area (Å²) in [5, 5.41) is 9.82. The number of hydrogen-bond donors (Lipinski definition) is 4. The van der Waals surface area contributed by atoms with E-state index < -0.39 is 17.2 Å². The highest BCUT2D eigenvalue weighted by Crippen LogP contribution is 2.24. The van der Waals surface area contributed by atoms with E-state index in [1.807, 2.05) is 29.2 Å². The van der Waals surface area contributed by atoms with Crippen LogP contribution in [0, 0.1) is 0 Å². The predicted molar refractivity (Wildman–Crippen MR) is 104 cm³/mol. The Bertz CT molecular complexity index is 932. The number of nitrogen functional groups attached to an aromatic ring is 1. The van der Waals surface area contributed by atoms with Crippen molar-refractivity contribution in [1.29, 1.82) is 0 Å². The van der Waals surface area contributed by atoms with Crippen LogP contribution in [0.4, 0.5) is 5.69 Å². The van der Waals surface area contributed by atoms with Crippen LogP contribution in [-0.2, 0) is 0 Å². The number of nitrogens with two attached hydrogens (primary N) is 1. The molecule has 1 atom stereocenters. The maximum Gasteiger partial charge on any atom is 0.326 e. The van der Waals surface area contributed by atoms with Crippen molar-refractivity contribution in [2.45, 2.75) is 6.04 Å². The molecule has 1 unspecified atom stereocenters. The molecule has 0 bridgehead atoms. The van der Waals surface area contributed by atoms with Crippen molar-refractivity contribution in [3.63, 3.8) is 0 Å². The van der Waals surface area contributed by atoms with Gasteiger partial charge in [-0.25, -0.2) is 4.79 Å². The smallest absolute Gasteiger partial charge is 0.326 e. The van der Waals surface area contributed by atoms with Crippen molar-refractivity contribution in [1.82, 2.24) is 19.8 Å². The van der Waals surface area contributed by atoms with E-state index in [-0.39, 0.29) is 24.0 Å². The fourth-order valence-corrected chi connectivity index (χ4v) is 3.44. The molecule has 1 aliphatic rings. The number of amides is 1. The Morgan fingerprint density at radius 3 is 2.37 bits per heavy atom. The molecule has 0 spiro atoms. The fraction of sp³-hybridized carbons (Fsp3) is 0.353. The van der Waals surface area contributed by atoms with Gasteiger partial charge < -0.3 is 20.7 Å². The molecule has 1 aromatic heterocycles. The molecular weight excluding hydrogens is 418 g/mol. The van der Waals surface area contributed by atoms with Gasteiger partial charge in [-0.2, -0.15) is 0 Å². The van der Waals surface area contributed by atoms with Crippen molar-refractivity contribution < 1.29 is 9.90 Å². The standard InChI is InChI=1S/C17H20BrN5O4/c18-11-3-1-10(2-4-11)12(9-24)22-5-7-23(8-6-22)16(26)14-13(19)15(25)21-17(27)20-14/h1-4,12,24H,5-9,19H2,(H2,20,21,25,27). The number of hydrogen-bond acceptors (Lipinski definition) is 6. The molecule has 1 fully saturated rings. The lowest BCUT2D eigenvalue weighted by Crippen LogP contribution is -2.51. The number of aromatic amines is 2. The largest absolute Gasteiger partial charge is 0.394 e. The summed E-state index contributed by atoms with van der Waals surface area (Å²) >= 11 is 3.39. The minimum absolute atomic E-state index is 0.0378. The lowest BCUT2D eigenvalue weighted by Gasteiger charge is -2.38. The van der Waals surface area contributed by atoms with Crippen molar-refractivity contribution >= 4 is 27.5 Å². The highest BCUT2D eigenvalue weighted by atomic mass is 79.9. The fourth-order valence-electron chi connectivity index (χ4n) is 3.18. The highest BCUT2D eigenvalue weighted by molar-refractivity contribution is 9.10. The molecule has 0 aliphatic carbocycles. The third-order valence-electron chi connectivity index (χ3n) is 4.66. The van der Waals surface area contributed by atoms with Crippen LogP contribution in [0.15, 0.2) is 38.3 Å². The van der Waals surface area contributed by atoms with Crippen LogP contribution >= 0.6 is 15.9 Å². The number of aromatic nitrogens is 2. The maximum absolute atomic E-state index is 12.6. The predicted octanol–water partition coefficient (Wildman–Crippen LogP) is -0.101. The van der Waals surface area contributed by atoms with Crippen molar-refractivity contribution in [3.05, 3.63) is 60.8 Å². The van der Waals surface area contributed by atoms with Gasteiger partial charge in [0.2, 0.25) is 0 Å². The quantitative estimate of drug-likeness (QED) is 0.527. The first-order valence-electron chi connectivity index (χ1n) is 8.42. The van der Waals surface area contributed by atoms with Crippen LogP contribution < -0.4 is 17.0 Å². The minimum atomic E-state index is -0.781. The zero-order valence-electron chi connectivity index (χ0n) is 14.4. The number of benzene rings is 1. The number of rotatable bonds is 4. The Labute approximate surface area is 162 Å². The third kappa shape index (κ3) is 4.12. The Hall–Kier alpha value is -2.43. The monoisotopic (exact) mass is 437 g/mol. The number of halogens is 1. The lowest BCUT2D eigenvalue weighted by atomic mass is 10.1. The summed E-state index contributed by atoms with van der Waals surface area (Å²) in [6.07, 6.45) is 0. The molecule has 2 aromatic rings. The zero-order chi connectivity index (χ0) is 19.6. The number of aliphatic hydroxyl groups is 1. The van der Waals surface area contributed by atoms with Crippen LogP contribution in [0.5, 0.6) is 0 Å². The van der Waals surface area contributed by atoms with E-state index in [0.29, 0.717) is 26.2 Å². The van der Waals surface area contributed by atoms with Crippen molar-refractivity contribution in [3.8, 4) is 0 Å². The average Bonchev–Trinajstić information content (AvgIpc) is 2.67. The molecule has 3 rings (SSSR count). The van der Waals surface area contributed by atoms with E-state index in [9.17, 15) is 19.5 Å². The Balaban J connectivity index is 1.71. The van der Waals surface area contributed by atoms with E-state index in [0.717, 1.165) is 10.0 Å². The molecule has 1 aromatic carbocycles. The van der Waals surface area contributed by atoms with Crippen LogP contribution in [0.25, 0.3) is 0 Å². The summed E-state index contributed by atoms with van der Waals surface area (Å²) in [6, 6.07) is 7.57. The van der Waals surface area contributed by atoms with Gasteiger partial charge in [0.05, 0.1) is 12.6 Å². The summed E-state index contributed by atoms with van der Waals surface area (Å²) in [7, 11) is 0. The first-order valence-corrected chi connectivity index (χ1v) is 9.21. The van der Waals surface area contributed by atoms with Crippen molar-refractivity contribution in [2.24, 2.45) is 0 Å². The summed E-state index contributed by atoms with van der Waals surface area (Å²) in [5.74, 6) is -0.487. The maximum atomic E-state index is 12.6. The summed E-state index contributed by atoms with van der Waals surface area (Å²) in [6.45, 7) is 1.82. The molecule has 0 radical (unpaired) electrons. The van der Waals surface area contributed by atoms with Gasteiger partial charge in [0.15, 0.2) is 0 Å². The number of carbonyl (C=O) groups is 1. The molecule has 2 heterocycles. The minimum Gasteiger partial charge on any atom is -0.394 e. The number of carbonyl (C=O) groups excluding carboxylic acids is 1. The van der Waals surface area contributed by atoms with Crippen LogP contribution in [0.3, 0.4) is 0 Å². The molecule has 1 saturated heterocycles. The molecule has 5 N–H and O–H groups in total. The number of nitrogens with zero attached hydrogens (tertiary/aromatic N) is 2. The Kier molecular flexibility index (Phi) is 5.78. The van der Waals surface area contributed by atoms with E-state index in [4.69, 9.17) is 5.73 Å². The molecule has 9 nitrogen and oxygen atoms in total. The van der Waals surface area contributed by atoms with Gasteiger partial charge >= 0.3 is 5.69 Å². The van der Waals surface area contributed by atoms with E-state index in [1.54, 1.807) is 0 Å². The average molecular weight is 438 g/mol. The van der Waals surface area contributed by atoms with Gasteiger partial charge in [0.1, 0.15) is 11.4 Å². The topological polar surface area (TPSA) is 136 Å². The van der Waals surface area contributed by atoms with Gasteiger partial charge in [-0.1, -0.05) is 28.1 Å². The second kappa shape index (κ2) is 8.07. The van der Waals surface area contributed by atoms with Gasteiger partial charge in [-0.15, -0.1) is 0 Å². The molecule has 27 heavy (non-hydrogen) atoms. The van der Waals surface area contributed by atoms with Gasteiger partial charge in [-0.05, 0) is 17.7 Å². The third-order valence-corrected chi connectivity index (χ3v) is 5.19. The molecular formula is C17H20BrN5O4. The summed E-state index contributed by atoms with van der Waals surface area (Å²) in [4.78, 5) is 43.6. The lowest BCUT2D eigenvalue weighted by molar-refractivity contribution is 0.0473. The van der Waals surface area contributed by atoms with Crippen LogP contribution in [0.1, 0.15) is 22.1 Å². The van der Waals surface area contributed by atoms with E-state index in [2.05, 4.69) is 25.8 Å². The van der Waals surface area contributed by atoms with Crippen LogP contribution in [0.2, 0.25) is 0 Å². The summed E-state index contributed by atoms with van der Waals surface area (Å²) < 4.78 is 0.961. The first-order chi connectivity index (χ1) is 12.9. The van der Waals surface area contributed by atoms with E-state index >= 15 is 0 Å². The normalized spacial score (nSPS) is 16.3. The Morgan fingerprint density at radius 2 is 1.78 bits per heavy atom. The molecule has 0 saturated carbocycles. The number of anilines is 1. The van der Waals surface area contributed by atoms with Gasteiger partial charge in [0, 0.05) is 30.7 Å². The second-order valence-electron chi connectivity index (χ2n) is 6.28. The number of piperazine rings is 1. The first kappa shape index (κ1) is 19.3. The van der Waals surface area contributed by atoms with Gasteiger partial charge in [-0.3, -0.25) is 19.5 Å². The molecule has 10 heteroatoms. The number of H-pyrrole nitrogens is 2. The zero-order valence-corrected chi connectivity index (χ0v) is 16.0. The Morgan fingerprint density at radius 1 is 1.15 bits per heavy atom. The second-order valence-corrected chi connectivity index (χ2v) is 7.19. The molecule has 144 valence electrons. The van der Waals surface area contributed by atoms with E-state index in [1.165, 1.54) is 4.90 Å². The van der Waals surface area contributed by atoms with Crippen molar-refractivity contribution in [2.75, 3.05) is 38.5 Å². The van der Waals surface area contributed by atoms with Crippen LogP contribution in [-0.4, -0.2) is 63.6 Å². The highest BCUT2D eigenvalue weighted by Gasteiger charge is 2.28. The molecule has 1 amide bonds. The molecule has 1 aliphatic heterocycles. The number of aliphatic hydroxyl groups excluding tert-OH is 1. The summed E-state index contributed by atoms with van der Waals surface area (Å²) in [5.41, 5.74) is 4.58. The van der Waals surface area contributed by atoms with Gasteiger partial charge in [0.25, 0.3) is 11.5 Å².